The predicted octanol–water partition coefficient (Wildman–Crippen LogP) is 2.95. The number of rotatable bonds is 3. The lowest BCUT2D eigenvalue weighted by Crippen LogP contribution is -2.36. The van der Waals surface area contributed by atoms with Gasteiger partial charge in [-0.25, -0.2) is 23.5 Å². The van der Waals surface area contributed by atoms with Crippen LogP contribution in [0.15, 0.2) is 36.7 Å². The van der Waals surface area contributed by atoms with Gasteiger partial charge in [0.25, 0.3) is 0 Å². The largest absolute Gasteiger partial charge is 0.378 e. The number of benzene rings is 1. The third kappa shape index (κ3) is 3.90. The number of hydrogen-bond donors (Lipinski definition) is 1. The van der Waals surface area contributed by atoms with Crippen LogP contribution in [0.1, 0.15) is 6.42 Å². The van der Waals surface area contributed by atoms with Gasteiger partial charge in [0.2, 0.25) is 5.78 Å². The van der Waals surface area contributed by atoms with E-state index in [0.29, 0.717) is 43.3 Å². The Labute approximate surface area is 177 Å². The number of hydrogen-bond acceptors (Lipinski definition) is 5. The molecule has 4 heterocycles. The summed E-state index contributed by atoms with van der Waals surface area (Å²) >= 11 is 0. The molecule has 2 aliphatic heterocycles. The molecule has 2 saturated heterocycles. The quantitative estimate of drug-likeness (QED) is 0.694. The summed E-state index contributed by atoms with van der Waals surface area (Å²) in [5.41, 5.74) is 1.08. The molecule has 1 aromatic carbocycles. The number of imidazole rings is 1. The number of anilines is 2. The van der Waals surface area contributed by atoms with Crippen molar-refractivity contribution in [3.8, 4) is 11.3 Å². The predicted molar refractivity (Wildman–Crippen MR) is 112 cm³/mol. The molecule has 162 valence electrons. The molecule has 3 aromatic rings. The maximum atomic E-state index is 14.6. The van der Waals surface area contributed by atoms with Crippen molar-refractivity contribution in [2.24, 2.45) is 0 Å². The molecule has 8 nitrogen and oxygen atoms in total. The Balaban J connectivity index is 1.40. The third-order valence-electron chi connectivity index (χ3n) is 5.61. The normalized spacial score (nSPS) is 19.2. The number of carbonyl (C=O) groups excluding carboxylic acids is 1. The number of amides is 2. The zero-order valence-electron chi connectivity index (χ0n) is 16.8. The summed E-state index contributed by atoms with van der Waals surface area (Å²) in [6.07, 6.45) is 2.90. The maximum absolute atomic E-state index is 14.6. The van der Waals surface area contributed by atoms with E-state index in [2.05, 4.69) is 20.2 Å². The second-order valence-corrected chi connectivity index (χ2v) is 7.66. The smallest absolute Gasteiger partial charge is 0.321 e. The van der Waals surface area contributed by atoms with Crippen LogP contribution < -0.4 is 10.2 Å². The zero-order chi connectivity index (χ0) is 21.4. The molecule has 31 heavy (non-hydrogen) atoms. The topological polar surface area (TPSA) is 75.0 Å². The van der Waals surface area contributed by atoms with Crippen molar-refractivity contribution < 1.29 is 18.3 Å². The van der Waals surface area contributed by atoms with Crippen LogP contribution >= 0.6 is 0 Å². The average Bonchev–Trinajstić information content (AvgIpc) is 3.41. The number of nitrogens with zero attached hydrogens (tertiary/aromatic N) is 5. The van der Waals surface area contributed by atoms with E-state index in [9.17, 15) is 13.6 Å². The van der Waals surface area contributed by atoms with Gasteiger partial charge in [-0.05, 0) is 30.7 Å². The Kier molecular flexibility index (Phi) is 5.14. The molecule has 2 fully saturated rings. The van der Waals surface area contributed by atoms with Gasteiger partial charge in [0.15, 0.2) is 0 Å². The van der Waals surface area contributed by atoms with Crippen molar-refractivity contribution in [2.75, 3.05) is 49.6 Å². The van der Waals surface area contributed by atoms with E-state index in [0.717, 1.165) is 18.9 Å². The molecule has 0 unspecified atom stereocenters. The van der Waals surface area contributed by atoms with Gasteiger partial charge in [0.1, 0.15) is 17.8 Å². The minimum absolute atomic E-state index is 0.0729. The van der Waals surface area contributed by atoms with Gasteiger partial charge < -0.3 is 19.9 Å². The van der Waals surface area contributed by atoms with Gasteiger partial charge in [-0.1, -0.05) is 0 Å². The fourth-order valence-corrected chi connectivity index (χ4v) is 3.94. The molecule has 1 atom stereocenters. The van der Waals surface area contributed by atoms with E-state index in [-0.39, 0.29) is 12.1 Å². The van der Waals surface area contributed by atoms with E-state index >= 15 is 0 Å². The molecule has 10 heteroatoms. The first-order chi connectivity index (χ1) is 15.1. The minimum atomic E-state index is -0.998. The molecule has 2 amide bonds. The Morgan fingerprint density at radius 3 is 2.81 bits per heavy atom. The number of carbonyl (C=O) groups is 1. The molecular weight excluding hydrogens is 406 g/mol. The molecule has 0 saturated carbocycles. The maximum Gasteiger partial charge on any atom is 0.321 e. The van der Waals surface area contributed by atoms with E-state index in [1.807, 2.05) is 10.6 Å². The molecule has 1 N–H and O–H groups in total. The highest BCUT2D eigenvalue weighted by Gasteiger charge is 2.26. The summed E-state index contributed by atoms with van der Waals surface area (Å²) in [5, 5.41) is 2.71. The molecule has 0 spiro atoms. The fraction of sp³-hybridized carbons (Fsp3) is 0.381. The van der Waals surface area contributed by atoms with Crippen LogP contribution in [0.5, 0.6) is 0 Å². The van der Waals surface area contributed by atoms with Gasteiger partial charge in [-0.3, -0.25) is 4.40 Å². The van der Waals surface area contributed by atoms with Crippen molar-refractivity contribution in [1.82, 2.24) is 19.3 Å². The Bertz CT molecular complexity index is 1110. The Morgan fingerprint density at radius 2 is 2.03 bits per heavy atom. The standard InChI is InChI=1S/C21H22F2N6O2/c22-14-3-5-28(13-14)21(30)25-15-1-2-17(23)16(11-15)18-4-6-29-19(12-24-20(29)26-18)27-7-9-31-10-8-27/h1-2,4,6,11-12,14H,3,5,7-10,13H2,(H,25,30)/t14-/m1/s1. The summed E-state index contributed by atoms with van der Waals surface area (Å²) in [5.74, 6) is 0.911. The van der Waals surface area contributed by atoms with Gasteiger partial charge >= 0.3 is 6.03 Å². The van der Waals surface area contributed by atoms with Crippen molar-refractivity contribution in [2.45, 2.75) is 12.6 Å². The van der Waals surface area contributed by atoms with E-state index < -0.39 is 18.0 Å². The molecule has 0 aliphatic carbocycles. The number of morpholine rings is 1. The second-order valence-electron chi connectivity index (χ2n) is 7.66. The number of aromatic nitrogens is 3. The average molecular weight is 428 g/mol. The first-order valence-corrected chi connectivity index (χ1v) is 10.3. The van der Waals surface area contributed by atoms with Gasteiger partial charge in [-0.15, -0.1) is 0 Å². The van der Waals surface area contributed by atoms with Crippen molar-refractivity contribution in [3.05, 3.63) is 42.5 Å². The summed E-state index contributed by atoms with van der Waals surface area (Å²) in [7, 11) is 0. The molecule has 5 rings (SSSR count). The number of alkyl halides is 1. The highest BCUT2D eigenvalue weighted by Crippen LogP contribution is 2.27. The number of nitrogens with one attached hydrogen (secondary N) is 1. The van der Waals surface area contributed by atoms with Crippen LogP contribution in [-0.2, 0) is 4.74 Å². The van der Waals surface area contributed by atoms with Gasteiger partial charge in [0.05, 0.1) is 31.6 Å². The summed E-state index contributed by atoms with van der Waals surface area (Å²) in [4.78, 5) is 24.8. The van der Waals surface area contributed by atoms with Crippen molar-refractivity contribution in [3.63, 3.8) is 0 Å². The van der Waals surface area contributed by atoms with Crippen LogP contribution in [0, 0.1) is 5.82 Å². The first kappa shape index (κ1) is 19.7. The highest BCUT2D eigenvalue weighted by atomic mass is 19.1. The Morgan fingerprint density at radius 1 is 1.19 bits per heavy atom. The fourth-order valence-electron chi connectivity index (χ4n) is 3.94. The number of likely N-dealkylation sites (tertiary alicyclic amines) is 1. The molecular formula is C21H22F2N6O2. The van der Waals surface area contributed by atoms with E-state index in [4.69, 9.17) is 4.74 Å². The van der Waals surface area contributed by atoms with Gasteiger partial charge in [-0.2, -0.15) is 0 Å². The lowest BCUT2D eigenvalue weighted by Gasteiger charge is -2.27. The first-order valence-electron chi connectivity index (χ1n) is 10.3. The number of ether oxygens (including phenoxy) is 1. The van der Waals surface area contributed by atoms with Crippen molar-refractivity contribution >= 4 is 23.3 Å². The molecule has 0 radical (unpaired) electrons. The minimum Gasteiger partial charge on any atom is -0.378 e. The summed E-state index contributed by atoms with van der Waals surface area (Å²) < 4.78 is 35.2. The summed E-state index contributed by atoms with van der Waals surface area (Å²) in [6.45, 7) is 3.30. The molecule has 2 aromatic heterocycles. The molecule has 0 bridgehead atoms. The number of halogens is 2. The van der Waals surface area contributed by atoms with E-state index in [1.54, 1.807) is 12.3 Å². The van der Waals surface area contributed by atoms with Crippen LogP contribution in [-0.4, -0.2) is 70.9 Å². The van der Waals surface area contributed by atoms with Crippen molar-refractivity contribution in [1.29, 1.82) is 0 Å². The van der Waals surface area contributed by atoms with E-state index in [1.165, 1.54) is 23.1 Å². The monoisotopic (exact) mass is 428 g/mol. The lowest BCUT2D eigenvalue weighted by molar-refractivity contribution is 0.122. The van der Waals surface area contributed by atoms with Crippen LogP contribution in [0.25, 0.3) is 17.0 Å². The molecule has 2 aliphatic rings. The summed E-state index contributed by atoms with van der Waals surface area (Å²) in [6, 6.07) is 5.61. The van der Waals surface area contributed by atoms with Crippen LogP contribution in [0.2, 0.25) is 0 Å². The SMILES string of the molecule is O=C(Nc1ccc(F)c(-c2ccn3c(N4CCOCC4)cnc3n2)c1)N1CC[C@@H](F)C1. The highest BCUT2D eigenvalue weighted by molar-refractivity contribution is 5.90. The zero-order valence-corrected chi connectivity index (χ0v) is 16.8. The van der Waals surface area contributed by atoms with Crippen LogP contribution in [0.4, 0.5) is 25.1 Å². The van der Waals surface area contributed by atoms with Gasteiger partial charge in [0, 0.05) is 37.1 Å². The number of fused-ring (bicyclic) bond motifs is 1. The third-order valence-corrected chi connectivity index (χ3v) is 5.61. The second kappa shape index (κ2) is 8.10. The lowest BCUT2D eigenvalue weighted by atomic mass is 10.1. The Hall–Kier alpha value is -3.27. The number of urea groups is 1. The van der Waals surface area contributed by atoms with Crippen LogP contribution in [0.3, 0.4) is 0 Å².